The highest BCUT2D eigenvalue weighted by molar-refractivity contribution is 4.78. The zero-order chi connectivity index (χ0) is 12.5. The predicted octanol–water partition coefficient (Wildman–Crippen LogP) is 2.29. The van der Waals surface area contributed by atoms with E-state index >= 15 is 0 Å². The number of rotatable bonds is 8. The number of hydrogen-bond acceptors (Lipinski definition) is 3. The molecule has 1 fully saturated rings. The summed E-state index contributed by atoms with van der Waals surface area (Å²) in [6.07, 6.45) is 6.45. The maximum absolute atomic E-state index is 9.09. The fourth-order valence-electron chi connectivity index (χ4n) is 2.91. The van der Waals surface area contributed by atoms with E-state index in [0.29, 0.717) is 6.04 Å². The summed E-state index contributed by atoms with van der Waals surface area (Å²) < 4.78 is 5.59. The van der Waals surface area contributed by atoms with Crippen molar-refractivity contribution in [2.75, 3.05) is 32.9 Å². The Bertz CT molecular complexity index is 179. The summed E-state index contributed by atoms with van der Waals surface area (Å²) in [7, 11) is 0. The summed E-state index contributed by atoms with van der Waals surface area (Å²) in [4.78, 5) is 2.40. The number of morpholine rings is 1. The Labute approximate surface area is 106 Å². The van der Waals surface area contributed by atoms with Crippen LogP contribution >= 0.6 is 0 Å². The molecule has 102 valence electrons. The van der Waals surface area contributed by atoms with Crippen LogP contribution in [-0.4, -0.2) is 49.0 Å². The van der Waals surface area contributed by atoms with Gasteiger partial charge in [0, 0.05) is 19.1 Å². The van der Waals surface area contributed by atoms with Crippen LogP contribution in [0.1, 0.15) is 46.0 Å². The Morgan fingerprint density at radius 1 is 1.29 bits per heavy atom. The van der Waals surface area contributed by atoms with Gasteiger partial charge in [0.05, 0.1) is 19.8 Å². The first-order valence-corrected chi connectivity index (χ1v) is 7.24. The molecule has 1 heterocycles. The van der Waals surface area contributed by atoms with Crippen LogP contribution in [-0.2, 0) is 4.74 Å². The molecule has 17 heavy (non-hydrogen) atoms. The lowest BCUT2D eigenvalue weighted by Crippen LogP contribution is -2.47. The second-order valence-electron chi connectivity index (χ2n) is 5.17. The highest BCUT2D eigenvalue weighted by atomic mass is 16.5. The van der Waals surface area contributed by atoms with Gasteiger partial charge < -0.3 is 9.84 Å². The van der Waals surface area contributed by atoms with Crippen LogP contribution in [0.5, 0.6) is 0 Å². The molecule has 0 aromatic heterocycles. The molecule has 3 heteroatoms. The highest BCUT2D eigenvalue weighted by Gasteiger charge is 2.24. The minimum Gasteiger partial charge on any atom is -0.395 e. The van der Waals surface area contributed by atoms with Gasteiger partial charge in [0.25, 0.3) is 0 Å². The summed E-state index contributed by atoms with van der Waals surface area (Å²) in [5, 5.41) is 9.09. The van der Waals surface area contributed by atoms with Crippen molar-refractivity contribution in [2.45, 2.75) is 52.0 Å². The lowest BCUT2D eigenvalue weighted by Gasteiger charge is -2.37. The molecule has 1 aliphatic heterocycles. The van der Waals surface area contributed by atoms with E-state index in [9.17, 15) is 0 Å². The smallest absolute Gasteiger partial charge is 0.0622 e. The van der Waals surface area contributed by atoms with Gasteiger partial charge in [0.2, 0.25) is 0 Å². The lowest BCUT2D eigenvalue weighted by molar-refractivity contribution is -0.0226. The van der Waals surface area contributed by atoms with Crippen molar-refractivity contribution in [1.29, 1.82) is 0 Å². The summed E-state index contributed by atoms with van der Waals surface area (Å²) in [6.45, 7) is 8.27. The van der Waals surface area contributed by atoms with E-state index in [1.807, 2.05) is 0 Å². The van der Waals surface area contributed by atoms with Crippen LogP contribution in [0, 0.1) is 5.92 Å². The van der Waals surface area contributed by atoms with Crippen molar-refractivity contribution in [3.05, 3.63) is 0 Å². The third kappa shape index (κ3) is 5.36. The first-order valence-electron chi connectivity index (χ1n) is 7.24. The van der Waals surface area contributed by atoms with E-state index < -0.39 is 0 Å². The summed E-state index contributed by atoms with van der Waals surface area (Å²) in [6, 6.07) is 0.527. The number of aliphatic hydroxyl groups is 1. The SMILES string of the molecule is CCCC(CCC)CC1COCCN1CCO. The molecule has 1 N–H and O–H groups in total. The van der Waals surface area contributed by atoms with Crippen LogP contribution < -0.4 is 0 Å². The van der Waals surface area contributed by atoms with E-state index in [4.69, 9.17) is 9.84 Å². The van der Waals surface area contributed by atoms with Gasteiger partial charge in [-0.15, -0.1) is 0 Å². The molecular formula is C14H29NO2. The third-order valence-electron chi connectivity index (χ3n) is 3.74. The van der Waals surface area contributed by atoms with Gasteiger partial charge >= 0.3 is 0 Å². The normalized spacial score (nSPS) is 22.2. The van der Waals surface area contributed by atoms with Gasteiger partial charge in [-0.2, -0.15) is 0 Å². The van der Waals surface area contributed by atoms with E-state index in [-0.39, 0.29) is 6.61 Å². The first kappa shape index (κ1) is 14.9. The molecule has 1 aliphatic rings. The molecule has 0 amide bonds. The van der Waals surface area contributed by atoms with E-state index in [2.05, 4.69) is 18.7 Å². The molecule has 0 bridgehead atoms. The molecule has 0 aromatic carbocycles. The van der Waals surface area contributed by atoms with Crippen molar-refractivity contribution in [2.24, 2.45) is 5.92 Å². The van der Waals surface area contributed by atoms with Gasteiger partial charge in [-0.1, -0.05) is 39.5 Å². The Balaban J connectivity index is 2.43. The Kier molecular flexibility index (Phi) is 7.82. The van der Waals surface area contributed by atoms with Crippen molar-refractivity contribution in [3.8, 4) is 0 Å². The molecule has 1 rings (SSSR count). The second-order valence-corrected chi connectivity index (χ2v) is 5.17. The standard InChI is InChI=1S/C14H29NO2/c1-3-5-13(6-4-2)11-14-12-17-10-8-15(14)7-9-16/h13-14,16H,3-12H2,1-2H3. The number of aliphatic hydroxyl groups excluding tert-OH is 1. The third-order valence-corrected chi connectivity index (χ3v) is 3.74. The molecule has 1 atom stereocenters. The molecular weight excluding hydrogens is 214 g/mol. The van der Waals surface area contributed by atoms with Crippen LogP contribution in [0.4, 0.5) is 0 Å². The Hall–Kier alpha value is -0.120. The minimum absolute atomic E-state index is 0.267. The van der Waals surface area contributed by atoms with Gasteiger partial charge in [-0.05, 0) is 12.3 Å². The maximum Gasteiger partial charge on any atom is 0.0622 e. The summed E-state index contributed by atoms with van der Waals surface area (Å²) in [5.41, 5.74) is 0. The van der Waals surface area contributed by atoms with Crippen LogP contribution in [0.2, 0.25) is 0 Å². The average molecular weight is 243 g/mol. The highest BCUT2D eigenvalue weighted by Crippen LogP contribution is 2.23. The van der Waals surface area contributed by atoms with Crippen LogP contribution in [0.25, 0.3) is 0 Å². The molecule has 0 spiro atoms. The monoisotopic (exact) mass is 243 g/mol. The first-order chi connectivity index (χ1) is 8.31. The van der Waals surface area contributed by atoms with Crippen LogP contribution in [0.15, 0.2) is 0 Å². The number of β-amino-alcohol motifs (C(OH)–C–C–N with tert-alkyl or cyclic N) is 1. The van der Waals surface area contributed by atoms with E-state index in [1.165, 1.54) is 32.1 Å². The summed E-state index contributed by atoms with van der Waals surface area (Å²) >= 11 is 0. The molecule has 1 unspecified atom stereocenters. The fraction of sp³-hybridized carbons (Fsp3) is 1.00. The van der Waals surface area contributed by atoms with Crippen molar-refractivity contribution in [3.63, 3.8) is 0 Å². The Morgan fingerprint density at radius 2 is 2.00 bits per heavy atom. The largest absolute Gasteiger partial charge is 0.395 e. The number of nitrogens with zero attached hydrogens (tertiary/aromatic N) is 1. The van der Waals surface area contributed by atoms with Gasteiger partial charge in [0.1, 0.15) is 0 Å². The van der Waals surface area contributed by atoms with Gasteiger partial charge in [0.15, 0.2) is 0 Å². The molecule has 0 aromatic rings. The van der Waals surface area contributed by atoms with E-state index in [0.717, 1.165) is 32.2 Å². The number of hydrogen-bond donors (Lipinski definition) is 1. The quantitative estimate of drug-likeness (QED) is 0.710. The average Bonchev–Trinajstić information content (AvgIpc) is 2.33. The van der Waals surface area contributed by atoms with Crippen molar-refractivity contribution in [1.82, 2.24) is 4.90 Å². The van der Waals surface area contributed by atoms with Crippen LogP contribution in [0.3, 0.4) is 0 Å². The molecule has 0 radical (unpaired) electrons. The van der Waals surface area contributed by atoms with E-state index in [1.54, 1.807) is 0 Å². The van der Waals surface area contributed by atoms with Gasteiger partial charge in [-0.3, -0.25) is 4.90 Å². The maximum atomic E-state index is 9.09. The zero-order valence-electron chi connectivity index (χ0n) is 11.5. The Morgan fingerprint density at radius 3 is 2.59 bits per heavy atom. The predicted molar refractivity (Wildman–Crippen MR) is 71.2 cm³/mol. The van der Waals surface area contributed by atoms with Gasteiger partial charge in [-0.25, -0.2) is 0 Å². The zero-order valence-corrected chi connectivity index (χ0v) is 11.5. The minimum atomic E-state index is 0.267. The molecule has 0 aliphatic carbocycles. The molecule has 0 saturated carbocycles. The van der Waals surface area contributed by atoms with Crippen molar-refractivity contribution < 1.29 is 9.84 Å². The lowest BCUT2D eigenvalue weighted by atomic mass is 9.90. The fourth-order valence-corrected chi connectivity index (χ4v) is 2.91. The van der Waals surface area contributed by atoms with Crippen molar-refractivity contribution >= 4 is 0 Å². The second kappa shape index (κ2) is 8.90. The molecule has 3 nitrogen and oxygen atoms in total. The number of ether oxygens (including phenoxy) is 1. The topological polar surface area (TPSA) is 32.7 Å². The molecule has 1 saturated heterocycles. The summed E-state index contributed by atoms with van der Waals surface area (Å²) in [5.74, 6) is 0.831.